The van der Waals surface area contributed by atoms with Crippen LogP contribution in [0.2, 0.25) is 5.02 Å². The van der Waals surface area contributed by atoms with Crippen LogP contribution in [0.5, 0.6) is 11.5 Å². The van der Waals surface area contributed by atoms with E-state index in [1.54, 1.807) is 54.6 Å². The normalized spacial score (nSPS) is 14.5. The van der Waals surface area contributed by atoms with Crippen LogP contribution in [0.3, 0.4) is 0 Å². The van der Waals surface area contributed by atoms with E-state index in [9.17, 15) is 22.0 Å². The lowest BCUT2D eigenvalue weighted by Gasteiger charge is -2.31. The average molecular weight is 523 g/mol. The zero-order valence-electron chi connectivity index (χ0n) is 18.7. The smallest absolute Gasteiger partial charge is 0.387 e. The zero-order chi connectivity index (χ0) is 25.3. The van der Waals surface area contributed by atoms with Gasteiger partial charge in [-0.25, -0.2) is 17.5 Å². The maximum Gasteiger partial charge on any atom is 0.387 e. The molecule has 0 spiro atoms. The number of urea groups is 1. The summed E-state index contributed by atoms with van der Waals surface area (Å²) in [5.74, 6) is 0.0372. The van der Waals surface area contributed by atoms with Crippen LogP contribution in [0.1, 0.15) is 24.2 Å². The van der Waals surface area contributed by atoms with Gasteiger partial charge in [0.1, 0.15) is 17.6 Å². The summed E-state index contributed by atoms with van der Waals surface area (Å²) in [5.41, 5.74) is 2.42. The van der Waals surface area contributed by atoms with Gasteiger partial charge in [0.25, 0.3) is 0 Å². The van der Waals surface area contributed by atoms with Gasteiger partial charge in [0.05, 0.1) is 11.3 Å². The molecule has 1 N–H and O–H groups in total. The molecule has 0 aliphatic carbocycles. The van der Waals surface area contributed by atoms with Gasteiger partial charge in [0, 0.05) is 23.3 Å². The number of halogens is 3. The second-order valence-corrected chi connectivity index (χ2v) is 10.4. The lowest BCUT2D eigenvalue weighted by Crippen LogP contribution is -2.37. The number of amides is 2. The first kappa shape index (κ1) is 24.7. The molecule has 4 rings (SSSR count). The summed E-state index contributed by atoms with van der Waals surface area (Å²) in [7, 11) is -2.59. The fourth-order valence-electron chi connectivity index (χ4n) is 3.78. The third-order valence-electron chi connectivity index (χ3n) is 5.52. The van der Waals surface area contributed by atoms with Crippen LogP contribution in [0.4, 0.5) is 19.3 Å². The van der Waals surface area contributed by atoms with Crippen LogP contribution in [0, 0.1) is 0 Å². The van der Waals surface area contributed by atoms with Crippen LogP contribution < -0.4 is 14.8 Å². The number of nitrogens with one attached hydrogen (secondary N) is 1. The van der Waals surface area contributed by atoms with Crippen molar-refractivity contribution in [2.24, 2.45) is 0 Å². The Morgan fingerprint density at radius 3 is 2.60 bits per heavy atom. The van der Waals surface area contributed by atoms with Crippen molar-refractivity contribution in [3.63, 3.8) is 0 Å². The minimum atomic E-state index is -3.76. The number of ether oxygens (including phenoxy) is 2. The number of anilines is 1. The molecule has 0 aromatic heterocycles. The summed E-state index contributed by atoms with van der Waals surface area (Å²) in [6.45, 7) is -1.60. The van der Waals surface area contributed by atoms with Crippen LogP contribution in [-0.2, 0) is 10.0 Å². The van der Waals surface area contributed by atoms with Crippen LogP contribution >= 0.6 is 11.6 Å². The van der Waals surface area contributed by atoms with E-state index < -0.39 is 28.8 Å². The van der Waals surface area contributed by atoms with Gasteiger partial charge in [-0.2, -0.15) is 8.78 Å². The van der Waals surface area contributed by atoms with E-state index in [2.05, 4.69) is 5.32 Å². The van der Waals surface area contributed by atoms with Crippen molar-refractivity contribution in [1.29, 1.82) is 0 Å². The highest BCUT2D eigenvalue weighted by Crippen LogP contribution is 2.50. The number of fused-ring (bicyclic) bond motifs is 3. The van der Waals surface area contributed by atoms with Crippen LogP contribution in [0.15, 0.2) is 60.7 Å². The van der Waals surface area contributed by atoms with Crippen molar-refractivity contribution in [3.8, 4) is 22.6 Å². The van der Waals surface area contributed by atoms with Crippen molar-refractivity contribution in [1.82, 2.24) is 4.31 Å². The summed E-state index contributed by atoms with van der Waals surface area (Å²) >= 11 is 6.19. The SMILES string of the molecule is CCS(=O)(=O)N(C)C(=O)Nc1ccc2c(c1)C(c1cccc(Cl)c1)Oc1cccc(OC(F)F)c1-2. The number of benzene rings is 3. The molecule has 0 bridgehead atoms. The summed E-state index contributed by atoms with van der Waals surface area (Å²) in [6, 6.07) is 15.5. The van der Waals surface area contributed by atoms with Gasteiger partial charge in [-0.05, 0) is 54.4 Å². The highest BCUT2D eigenvalue weighted by Gasteiger charge is 2.31. The van der Waals surface area contributed by atoms with E-state index in [1.165, 1.54) is 13.0 Å². The number of alkyl halides is 2. The van der Waals surface area contributed by atoms with Crippen LogP contribution in [-0.4, -0.2) is 38.2 Å². The standard InChI is InChI=1S/C24H21ClF2N2O5S/c1-3-35(31,32)29(2)24(30)28-16-10-11-17-18(13-16)22(14-6-4-7-15(25)12-14)33-19-8-5-9-20(21(17)19)34-23(26)27/h4-13,22-23H,3H2,1-2H3,(H,28,30). The lowest BCUT2D eigenvalue weighted by molar-refractivity contribution is -0.0496. The number of hydrogen-bond acceptors (Lipinski definition) is 5. The minimum Gasteiger partial charge on any atom is -0.480 e. The highest BCUT2D eigenvalue weighted by atomic mass is 35.5. The average Bonchev–Trinajstić information content (AvgIpc) is 2.82. The van der Waals surface area contributed by atoms with E-state index in [4.69, 9.17) is 21.1 Å². The van der Waals surface area contributed by atoms with Crippen molar-refractivity contribution >= 4 is 33.3 Å². The topological polar surface area (TPSA) is 84.9 Å². The molecule has 184 valence electrons. The number of nitrogens with zero attached hydrogens (tertiary/aromatic N) is 1. The van der Waals surface area contributed by atoms with Gasteiger partial charge in [-0.1, -0.05) is 35.9 Å². The number of sulfonamides is 1. The summed E-state index contributed by atoms with van der Waals surface area (Å²) in [4.78, 5) is 12.5. The number of carbonyl (C=O) groups is 1. The van der Waals surface area contributed by atoms with E-state index >= 15 is 0 Å². The maximum atomic E-state index is 13.1. The Morgan fingerprint density at radius 1 is 1.17 bits per heavy atom. The number of carbonyl (C=O) groups excluding carboxylic acids is 1. The van der Waals surface area contributed by atoms with Gasteiger partial charge in [-0.3, -0.25) is 0 Å². The first-order chi connectivity index (χ1) is 16.6. The molecule has 1 aliphatic heterocycles. The molecule has 3 aromatic carbocycles. The monoisotopic (exact) mass is 522 g/mol. The molecule has 7 nitrogen and oxygen atoms in total. The predicted molar refractivity (Wildman–Crippen MR) is 129 cm³/mol. The third-order valence-corrected chi connectivity index (χ3v) is 7.49. The largest absolute Gasteiger partial charge is 0.480 e. The first-order valence-electron chi connectivity index (χ1n) is 10.5. The minimum absolute atomic E-state index is 0.0612. The quantitative estimate of drug-likeness (QED) is 0.435. The fraction of sp³-hybridized carbons (Fsp3) is 0.208. The van der Waals surface area contributed by atoms with Gasteiger partial charge < -0.3 is 14.8 Å². The Morgan fingerprint density at radius 2 is 1.91 bits per heavy atom. The molecular weight excluding hydrogens is 502 g/mol. The first-order valence-corrected chi connectivity index (χ1v) is 12.5. The van der Waals surface area contributed by atoms with Crippen molar-refractivity contribution < 1.29 is 31.5 Å². The Labute approximate surface area is 206 Å². The predicted octanol–water partition coefficient (Wildman–Crippen LogP) is 5.90. The van der Waals surface area contributed by atoms with Crippen molar-refractivity contribution in [2.75, 3.05) is 18.1 Å². The Kier molecular flexibility index (Phi) is 6.86. The molecule has 35 heavy (non-hydrogen) atoms. The van der Waals surface area contributed by atoms with E-state index in [1.807, 2.05) is 0 Å². The number of hydrogen-bond donors (Lipinski definition) is 1. The van der Waals surface area contributed by atoms with Gasteiger partial charge in [0.2, 0.25) is 10.0 Å². The maximum absolute atomic E-state index is 13.1. The van der Waals surface area contributed by atoms with Crippen LogP contribution in [0.25, 0.3) is 11.1 Å². The Hall–Kier alpha value is -3.37. The Bertz CT molecular complexity index is 1380. The molecule has 1 unspecified atom stereocenters. The summed E-state index contributed by atoms with van der Waals surface area (Å²) < 4.78 is 61.8. The molecule has 1 aliphatic rings. The lowest BCUT2D eigenvalue weighted by atomic mass is 9.88. The molecule has 0 saturated carbocycles. The van der Waals surface area contributed by atoms with E-state index in [-0.39, 0.29) is 11.5 Å². The molecule has 0 saturated heterocycles. The zero-order valence-corrected chi connectivity index (χ0v) is 20.2. The molecule has 0 radical (unpaired) electrons. The molecular formula is C24H21ClF2N2O5S. The molecule has 2 amide bonds. The molecule has 11 heteroatoms. The van der Waals surface area contributed by atoms with Gasteiger partial charge in [-0.15, -0.1) is 0 Å². The highest BCUT2D eigenvalue weighted by molar-refractivity contribution is 7.89. The third kappa shape index (κ3) is 5.03. The number of rotatable bonds is 6. The fourth-order valence-corrected chi connectivity index (χ4v) is 4.67. The summed E-state index contributed by atoms with van der Waals surface area (Å²) in [5, 5.41) is 3.04. The molecule has 1 heterocycles. The van der Waals surface area contributed by atoms with Gasteiger partial charge >= 0.3 is 12.6 Å². The van der Waals surface area contributed by atoms with Crippen molar-refractivity contribution in [3.05, 3.63) is 76.8 Å². The van der Waals surface area contributed by atoms with E-state index in [0.717, 1.165) is 7.05 Å². The molecule has 3 aromatic rings. The Balaban J connectivity index is 1.81. The second kappa shape index (κ2) is 9.71. The van der Waals surface area contributed by atoms with Crippen molar-refractivity contribution in [2.45, 2.75) is 19.6 Å². The molecule has 0 fully saturated rings. The second-order valence-electron chi connectivity index (χ2n) is 7.66. The van der Waals surface area contributed by atoms with Gasteiger partial charge in [0.15, 0.2) is 0 Å². The summed E-state index contributed by atoms with van der Waals surface area (Å²) in [6.07, 6.45) is -0.688. The molecule has 1 atom stereocenters. The van der Waals surface area contributed by atoms with E-state index in [0.29, 0.717) is 43.0 Å².